The van der Waals surface area contributed by atoms with Gasteiger partial charge in [-0.15, -0.1) is 11.3 Å². The first-order chi connectivity index (χ1) is 11.4. The average molecular weight is 375 g/mol. The minimum absolute atomic E-state index is 0.111. The lowest BCUT2D eigenvalue weighted by Crippen LogP contribution is -2.56. The van der Waals surface area contributed by atoms with E-state index in [4.69, 9.17) is 4.74 Å². The summed E-state index contributed by atoms with van der Waals surface area (Å²) in [6.07, 6.45) is 0.0556. The molecule has 0 aromatic carbocycles. The van der Waals surface area contributed by atoms with Crippen LogP contribution in [0.15, 0.2) is 5.38 Å². The number of aromatic nitrogens is 1. The van der Waals surface area contributed by atoms with Crippen molar-refractivity contribution in [2.45, 2.75) is 30.3 Å². The summed E-state index contributed by atoms with van der Waals surface area (Å²) in [5.74, 6) is -0.200. The number of carbonyl (C=O) groups excluding carboxylic acids is 1. The number of carbonyl (C=O) groups is 1. The van der Waals surface area contributed by atoms with Crippen LogP contribution in [-0.4, -0.2) is 78.3 Å². The lowest BCUT2D eigenvalue weighted by Gasteiger charge is -2.39. The number of thiazole rings is 1. The molecule has 1 spiro atoms. The fourth-order valence-corrected chi connectivity index (χ4v) is 6.90. The van der Waals surface area contributed by atoms with Crippen LogP contribution in [-0.2, 0) is 14.8 Å². The van der Waals surface area contributed by atoms with Crippen molar-refractivity contribution in [3.63, 3.8) is 0 Å². The summed E-state index contributed by atoms with van der Waals surface area (Å²) in [6, 6.07) is 0. The highest BCUT2D eigenvalue weighted by Gasteiger charge is 2.65. The first-order valence-corrected chi connectivity index (χ1v) is 10.2. The Balaban J connectivity index is 1.62. The second kappa shape index (κ2) is 5.45. The molecule has 3 saturated heterocycles. The van der Waals surface area contributed by atoms with Gasteiger partial charge in [0.1, 0.15) is 23.2 Å². The van der Waals surface area contributed by atoms with Crippen molar-refractivity contribution in [2.24, 2.45) is 0 Å². The van der Waals surface area contributed by atoms with Gasteiger partial charge in [0.05, 0.1) is 17.7 Å². The molecule has 0 radical (unpaired) electrons. The Morgan fingerprint density at radius 3 is 3.00 bits per heavy atom. The number of fused-ring (bicyclic) bond motifs is 1. The summed E-state index contributed by atoms with van der Waals surface area (Å²) in [6.45, 7) is 1.62. The van der Waals surface area contributed by atoms with E-state index in [1.807, 2.05) is 6.92 Å². The Labute approximate surface area is 143 Å². The summed E-state index contributed by atoms with van der Waals surface area (Å²) >= 11 is 1.40. The molecule has 2 bridgehead atoms. The van der Waals surface area contributed by atoms with Gasteiger partial charge in [-0.2, -0.15) is 4.31 Å². The molecule has 0 aliphatic carbocycles. The Hall–Kier alpha value is -1.10. The van der Waals surface area contributed by atoms with Gasteiger partial charge in [-0.1, -0.05) is 0 Å². The third-order valence-electron chi connectivity index (χ3n) is 4.97. The van der Waals surface area contributed by atoms with Gasteiger partial charge >= 0.3 is 0 Å². The van der Waals surface area contributed by atoms with Crippen molar-refractivity contribution in [2.75, 3.05) is 32.9 Å². The van der Waals surface area contributed by atoms with E-state index in [-0.39, 0.29) is 31.6 Å². The van der Waals surface area contributed by atoms with Crippen LogP contribution in [0.2, 0.25) is 0 Å². The number of likely N-dealkylation sites (tertiary alicyclic amines) is 1. The highest BCUT2D eigenvalue weighted by atomic mass is 32.2. The molecule has 3 aliphatic rings. The maximum absolute atomic E-state index is 12.7. The first-order valence-electron chi connectivity index (χ1n) is 7.80. The molecule has 10 heteroatoms. The monoisotopic (exact) mass is 375 g/mol. The standard InChI is InChI=1S/C14H18FN3O4S2/c1-9-16-11(6-23-9)13(19)17-5-10-4-12-14(7-17,22-10)8-18(3-2-15)24(12,20)21/h6,10,12H,2-5,7-8H2,1H3/t10-,12+,14+/m1/s1. The highest BCUT2D eigenvalue weighted by molar-refractivity contribution is 7.90. The van der Waals surface area contributed by atoms with Gasteiger partial charge in [0.15, 0.2) is 0 Å². The molecule has 4 heterocycles. The van der Waals surface area contributed by atoms with Crippen LogP contribution < -0.4 is 0 Å². The maximum Gasteiger partial charge on any atom is 0.273 e. The van der Waals surface area contributed by atoms with Crippen LogP contribution in [0.5, 0.6) is 0 Å². The Kier molecular flexibility index (Phi) is 3.72. The number of sulfonamides is 1. The zero-order chi connectivity index (χ0) is 17.1. The SMILES string of the molecule is Cc1nc(C(=O)N2C[C@H]3C[C@H]4[C@](C2)(CN(CCF)S4(=O)=O)O3)cs1. The molecule has 3 atom stereocenters. The summed E-state index contributed by atoms with van der Waals surface area (Å²) in [5.41, 5.74) is -0.564. The molecule has 7 nitrogen and oxygen atoms in total. The maximum atomic E-state index is 12.7. The summed E-state index contributed by atoms with van der Waals surface area (Å²) in [5, 5.41) is 1.82. The van der Waals surface area contributed by atoms with Gasteiger partial charge in [0.25, 0.3) is 5.91 Å². The number of halogens is 1. The fourth-order valence-electron chi connectivity index (χ4n) is 4.02. The van der Waals surface area contributed by atoms with E-state index in [0.29, 0.717) is 18.7 Å². The molecule has 1 aromatic rings. The minimum atomic E-state index is -3.58. The van der Waals surface area contributed by atoms with E-state index < -0.39 is 27.5 Å². The molecule has 1 aromatic heterocycles. The number of rotatable bonds is 3. The zero-order valence-electron chi connectivity index (χ0n) is 13.1. The Bertz CT molecular complexity index is 783. The fraction of sp³-hybridized carbons (Fsp3) is 0.714. The van der Waals surface area contributed by atoms with Gasteiger partial charge in [-0.25, -0.2) is 17.8 Å². The van der Waals surface area contributed by atoms with Gasteiger partial charge in [-0.05, 0) is 13.3 Å². The van der Waals surface area contributed by atoms with Crippen molar-refractivity contribution in [3.05, 3.63) is 16.1 Å². The van der Waals surface area contributed by atoms with Crippen LogP contribution in [0.25, 0.3) is 0 Å². The van der Waals surface area contributed by atoms with Crippen LogP contribution in [0.1, 0.15) is 21.9 Å². The number of ether oxygens (including phenoxy) is 1. The lowest BCUT2D eigenvalue weighted by atomic mass is 9.99. The molecular weight excluding hydrogens is 357 g/mol. The normalized spacial score (nSPS) is 34.5. The number of amides is 1. The molecule has 132 valence electrons. The molecule has 0 unspecified atom stereocenters. The number of morpholine rings is 1. The van der Waals surface area contributed by atoms with Gasteiger partial charge < -0.3 is 9.64 Å². The third-order valence-corrected chi connectivity index (χ3v) is 8.12. The number of hydrogen-bond acceptors (Lipinski definition) is 6. The van der Waals surface area contributed by atoms with Crippen molar-refractivity contribution in [3.8, 4) is 0 Å². The van der Waals surface area contributed by atoms with Gasteiger partial charge in [0.2, 0.25) is 10.0 Å². The molecule has 1 amide bonds. The van der Waals surface area contributed by atoms with E-state index in [1.54, 1.807) is 10.3 Å². The molecular formula is C14H18FN3O4S2. The minimum Gasteiger partial charge on any atom is -0.365 e. The number of aryl methyl sites for hydroxylation is 1. The largest absolute Gasteiger partial charge is 0.365 e. The lowest BCUT2D eigenvalue weighted by molar-refractivity contribution is -0.0978. The van der Waals surface area contributed by atoms with E-state index >= 15 is 0 Å². The first kappa shape index (κ1) is 16.4. The van der Waals surface area contributed by atoms with Crippen molar-refractivity contribution in [1.29, 1.82) is 0 Å². The van der Waals surface area contributed by atoms with Crippen molar-refractivity contribution >= 4 is 27.3 Å². The number of alkyl halides is 1. The number of hydrogen-bond donors (Lipinski definition) is 0. The number of nitrogens with zero attached hydrogens (tertiary/aromatic N) is 3. The Morgan fingerprint density at radius 1 is 1.54 bits per heavy atom. The van der Waals surface area contributed by atoms with E-state index in [2.05, 4.69) is 4.98 Å². The summed E-state index contributed by atoms with van der Waals surface area (Å²) in [4.78, 5) is 18.5. The van der Waals surface area contributed by atoms with Crippen LogP contribution >= 0.6 is 11.3 Å². The smallest absolute Gasteiger partial charge is 0.273 e. The second-order valence-corrected chi connectivity index (χ2v) is 9.71. The molecule has 3 aliphatic heterocycles. The molecule has 4 rings (SSSR count). The summed E-state index contributed by atoms with van der Waals surface area (Å²) < 4.78 is 45.1. The van der Waals surface area contributed by atoms with Gasteiger partial charge in [-0.3, -0.25) is 4.79 Å². The molecule has 0 N–H and O–H groups in total. The average Bonchev–Trinajstić information content (AvgIpc) is 3.12. The molecule has 24 heavy (non-hydrogen) atoms. The summed E-state index contributed by atoms with van der Waals surface area (Å²) in [7, 11) is -3.58. The third kappa shape index (κ3) is 2.31. The molecule has 0 saturated carbocycles. The van der Waals surface area contributed by atoms with Crippen molar-refractivity contribution in [1.82, 2.24) is 14.2 Å². The van der Waals surface area contributed by atoms with Gasteiger partial charge in [0, 0.05) is 25.0 Å². The highest BCUT2D eigenvalue weighted by Crippen LogP contribution is 2.46. The predicted octanol–water partition coefficient (Wildman–Crippen LogP) is 0.419. The second-order valence-electron chi connectivity index (χ2n) is 6.53. The Morgan fingerprint density at radius 2 is 2.33 bits per heavy atom. The topological polar surface area (TPSA) is 79.8 Å². The molecule has 3 fully saturated rings. The quantitative estimate of drug-likeness (QED) is 0.765. The van der Waals surface area contributed by atoms with Crippen LogP contribution in [0.3, 0.4) is 0 Å². The van der Waals surface area contributed by atoms with Crippen LogP contribution in [0, 0.1) is 6.92 Å². The zero-order valence-corrected chi connectivity index (χ0v) is 14.8. The van der Waals surface area contributed by atoms with Crippen molar-refractivity contribution < 1.29 is 22.3 Å². The van der Waals surface area contributed by atoms with E-state index in [1.165, 1.54) is 11.3 Å². The van der Waals surface area contributed by atoms with E-state index in [0.717, 1.165) is 9.31 Å². The van der Waals surface area contributed by atoms with Crippen LogP contribution in [0.4, 0.5) is 4.39 Å². The predicted molar refractivity (Wildman–Crippen MR) is 85.2 cm³/mol. The van der Waals surface area contributed by atoms with E-state index in [9.17, 15) is 17.6 Å².